The van der Waals surface area contributed by atoms with Crippen LogP contribution in [0.15, 0.2) is 12.2 Å². The van der Waals surface area contributed by atoms with Gasteiger partial charge in [-0.2, -0.15) is 0 Å². The molecule has 0 aliphatic carbocycles. The second-order valence-electron chi connectivity index (χ2n) is 2.65. The van der Waals surface area contributed by atoms with Crippen LogP contribution in [0.5, 0.6) is 0 Å². The molecule has 0 spiro atoms. The van der Waals surface area contributed by atoms with E-state index in [1.165, 1.54) is 0 Å². The summed E-state index contributed by atoms with van der Waals surface area (Å²) in [4.78, 5) is 0. The maximum Gasteiger partial charge on any atom is 0.124 e. The Kier molecular flexibility index (Phi) is 6.51. The lowest BCUT2D eigenvalue weighted by molar-refractivity contribution is 0.113. The monoisotopic (exact) mass is 166 g/mol. The third-order valence-electron chi connectivity index (χ3n) is 1.84. The predicted octanol–water partition coefficient (Wildman–Crippen LogP) is 2.63. The molecule has 0 fully saturated rings. The van der Waals surface area contributed by atoms with Gasteiger partial charge in [0.25, 0.3) is 0 Å². The molecule has 68 valence electrons. The van der Waals surface area contributed by atoms with E-state index in [2.05, 4.69) is 30.9 Å². The van der Waals surface area contributed by atoms with E-state index in [0.29, 0.717) is 5.92 Å². The van der Waals surface area contributed by atoms with Gasteiger partial charge in [-0.3, -0.25) is 0 Å². The van der Waals surface area contributed by atoms with Gasteiger partial charge in [-0.25, -0.2) is 0 Å². The highest BCUT2D eigenvalue weighted by Crippen LogP contribution is 2.12. The highest BCUT2D eigenvalue weighted by Gasteiger charge is 2.13. The van der Waals surface area contributed by atoms with E-state index in [0.717, 1.165) is 6.42 Å². The van der Waals surface area contributed by atoms with Crippen molar-refractivity contribution in [1.82, 2.24) is 0 Å². The molecule has 0 aliphatic rings. The van der Waals surface area contributed by atoms with Gasteiger partial charge in [0, 0.05) is 13.0 Å². The first-order valence-corrected chi connectivity index (χ1v) is 4.38. The molecule has 0 radical (unpaired) electrons. The van der Waals surface area contributed by atoms with E-state index in [4.69, 9.17) is 4.74 Å². The third-order valence-corrected chi connectivity index (χ3v) is 1.84. The standard InChI is InChI=1S/C11H18O/c1-5-8-10(7-3)11(12-4)9-6-2/h5,8,10-11H,7H2,1-4H3/b8-5+/t10-,11-/m1/s1. The van der Waals surface area contributed by atoms with E-state index < -0.39 is 0 Å². The molecule has 0 aromatic carbocycles. The SMILES string of the molecule is CC#C[C@@H](OC)[C@@H](/C=C/C)CC. The molecule has 0 amide bonds. The summed E-state index contributed by atoms with van der Waals surface area (Å²) in [6.45, 7) is 6.01. The Hall–Kier alpha value is -0.740. The summed E-state index contributed by atoms with van der Waals surface area (Å²) in [5, 5.41) is 0. The molecular weight excluding hydrogens is 148 g/mol. The van der Waals surface area contributed by atoms with Crippen LogP contribution in [0.4, 0.5) is 0 Å². The van der Waals surface area contributed by atoms with Crippen molar-refractivity contribution in [1.29, 1.82) is 0 Å². The van der Waals surface area contributed by atoms with Crippen LogP contribution in [0.1, 0.15) is 27.2 Å². The van der Waals surface area contributed by atoms with Crippen molar-refractivity contribution in [2.45, 2.75) is 33.3 Å². The van der Waals surface area contributed by atoms with Crippen molar-refractivity contribution in [3.05, 3.63) is 12.2 Å². The van der Waals surface area contributed by atoms with E-state index in [1.54, 1.807) is 7.11 Å². The van der Waals surface area contributed by atoms with Crippen molar-refractivity contribution in [3.63, 3.8) is 0 Å². The lowest BCUT2D eigenvalue weighted by Gasteiger charge is -2.16. The lowest BCUT2D eigenvalue weighted by Crippen LogP contribution is -2.18. The number of hydrogen-bond acceptors (Lipinski definition) is 1. The summed E-state index contributed by atoms with van der Waals surface area (Å²) in [5.74, 6) is 6.35. The largest absolute Gasteiger partial charge is 0.368 e. The molecule has 0 unspecified atom stereocenters. The summed E-state index contributed by atoms with van der Waals surface area (Å²) in [6.07, 6.45) is 5.32. The highest BCUT2D eigenvalue weighted by molar-refractivity contribution is 5.08. The van der Waals surface area contributed by atoms with E-state index in [9.17, 15) is 0 Å². The van der Waals surface area contributed by atoms with Crippen molar-refractivity contribution in [2.75, 3.05) is 7.11 Å². The van der Waals surface area contributed by atoms with Gasteiger partial charge in [0.05, 0.1) is 0 Å². The summed E-state index contributed by atoms with van der Waals surface area (Å²) in [7, 11) is 1.71. The first kappa shape index (κ1) is 11.3. The molecule has 0 saturated heterocycles. The number of ether oxygens (including phenoxy) is 1. The maximum atomic E-state index is 5.27. The number of allylic oxidation sites excluding steroid dienone is 1. The Labute approximate surface area is 75.8 Å². The average Bonchev–Trinajstić information content (AvgIpc) is 2.11. The first-order chi connectivity index (χ1) is 5.79. The molecule has 0 heterocycles. The molecule has 1 heteroatoms. The van der Waals surface area contributed by atoms with Crippen molar-refractivity contribution < 1.29 is 4.74 Å². The normalized spacial score (nSPS) is 15.3. The van der Waals surface area contributed by atoms with Crippen LogP contribution in [0.2, 0.25) is 0 Å². The Morgan fingerprint density at radius 1 is 1.50 bits per heavy atom. The number of methoxy groups -OCH3 is 1. The fourth-order valence-electron chi connectivity index (χ4n) is 1.18. The summed E-state index contributed by atoms with van der Waals surface area (Å²) >= 11 is 0. The fourth-order valence-corrected chi connectivity index (χ4v) is 1.18. The summed E-state index contributed by atoms with van der Waals surface area (Å²) in [5.41, 5.74) is 0. The van der Waals surface area contributed by atoms with Crippen molar-refractivity contribution >= 4 is 0 Å². The quantitative estimate of drug-likeness (QED) is 0.461. The van der Waals surface area contributed by atoms with Gasteiger partial charge in [-0.15, -0.1) is 5.92 Å². The minimum atomic E-state index is 0.0520. The van der Waals surface area contributed by atoms with Crippen molar-refractivity contribution in [3.8, 4) is 11.8 Å². The molecule has 2 atom stereocenters. The molecular formula is C11H18O. The summed E-state index contributed by atoms with van der Waals surface area (Å²) in [6, 6.07) is 0. The van der Waals surface area contributed by atoms with Crippen LogP contribution < -0.4 is 0 Å². The Morgan fingerprint density at radius 2 is 2.17 bits per heavy atom. The second-order valence-corrected chi connectivity index (χ2v) is 2.65. The minimum Gasteiger partial charge on any atom is -0.368 e. The minimum absolute atomic E-state index is 0.0520. The second kappa shape index (κ2) is 6.94. The van der Waals surface area contributed by atoms with Crippen LogP contribution in [0.3, 0.4) is 0 Å². The Bertz CT molecular complexity index is 183. The molecule has 0 saturated carbocycles. The van der Waals surface area contributed by atoms with Crippen LogP contribution in [-0.2, 0) is 4.74 Å². The Balaban J connectivity index is 4.28. The van der Waals surface area contributed by atoms with Crippen LogP contribution in [0.25, 0.3) is 0 Å². The van der Waals surface area contributed by atoms with Crippen molar-refractivity contribution in [2.24, 2.45) is 5.92 Å². The molecule has 0 N–H and O–H groups in total. The molecule has 0 aromatic rings. The average molecular weight is 166 g/mol. The topological polar surface area (TPSA) is 9.23 Å². The van der Waals surface area contributed by atoms with E-state index in [-0.39, 0.29) is 6.10 Å². The number of hydrogen-bond donors (Lipinski definition) is 0. The maximum absolute atomic E-state index is 5.27. The van der Waals surface area contributed by atoms with Gasteiger partial charge < -0.3 is 4.74 Å². The highest BCUT2D eigenvalue weighted by atomic mass is 16.5. The molecule has 0 bridgehead atoms. The van der Waals surface area contributed by atoms with Crippen LogP contribution in [-0.4, -0.2) is 13.2 Å². The van der Waals surface area contributed by atoms with Gasteiger partial charge >= 0.3 is 0 Å². The molecule has 1 nitrogen and oxygen atoms in total. The lowest BCUT2D eigenvalue weighted by atomic mass is 9.99. The van der Waals surface area contributed by atoms with Gasteiger partial charge in [-0.1, -0.05) is 25.0 Å². The fraction of sp³-hybridized carbons (Fsp3) is 0.636. The van der Waals surface area contributed by atoms with E-state index >= 15 is 0 Å². The zero-order valence-corrected chi connectivity index (χ0v) is 8.42. The molecule has 0 rings (SSSR count). The molecule has 0 aliphatic heterocycles. The van der Waals surface area contributed by atoms with Crippen LogP contribution >= 0.6 is 0 Å². The zero-order valence-electron chi connectivity index (χ0n) is 8.42. The number of rotatable bonds is 4. The zero-order chi connectivity index (χ0) is 9.40. The Morgan fingerprint density at radius 3 is 2.50 bits per heavy atom. The molecule has 0 aromatic heterocycles. The van der Waals surface area contributed by atoms with Gasteiger partial charge in [0.15, 0.2) is 0 Å². The van der Waals surface area contributed by atoms with Gasteiger partial charge in [0.1, 0.15) is 6.10 Å². The van der Waals surface area contributed by atoms with Crippen LogP contribution in [0, 0.1) is 17.8 Å². The van der Waals surface area contributed by atoms with E-state index in [1.807, 2.05) is 13.8 Å². The predicted molar refractivity (Wildman–Crippen MR) is 52.8 cm³/mol. The first-order valence-electron chi connectivity index (χ1n) is 4.38. The van der Waals surface area contributed by atoms with Gasteiger partial charge in [0.2, 0.25) is 0 Å². The third kappa shape index (κ3) is 3.59. The molecule has 12 heavy (non-hydrogen) atoms. The van der Waals surface area contributed by atoms with Gasteiger partial charge in [-0.05, 0) is 20.3 Å². The smallest absolute Gasteiger partial charge is 0.124 e. The summed E-state index contributed by atoms with van der Waals surface area (Å²) < 4.78 is 5.27.